The second kappa shape index (κ2) is 4.81. The first-order chi connectivity index (χ1) is 7.70. The Hall–Kier alpha value is -1.12. The molecule has 0 amide bonds. The first kappa shape index (κ1) is 11.4. The van der Waals surface area contributed by atoms with Crippen molar-refractivity contribution in [3.05, 3.63) is 29.8 Å². The van der Waals surface area contributed by atoms with E-state index in [2.05, 4.69) is 11.8 Å². The number of anilines is 1. The molecule has 0 spiro atoms. The van der Waals surface area contributed by atoms with E-state index >= 15 is 0 Å². The van der Waals surface area contributed by atoms with E-state index in [1.165, 1.54) is 25.0 Å². The van der Waals surface area contributed by atoms with E-state index in [9.17, 15) is 8.78 Å². The van der Waals surface area contributed by atoms with Crippen molar-refractivity contribution in [3.8, 4) is 0 Å². The van der Waals surface area contributed by atoms with Crippen LogP contribution in [-0.2, 0) is 0 Å². The summed E-state index contributed by atoms with van der Waals surface area (Å²) in [6.07, 6.45) is 0.132. The van der Waals surface area contributed by atoms with Gasteiger partial charge in [0.25, 0.3) is 6.43 Å². The van der Waals surface area contributed by atoms with Crippen molar-refractivity contribution >= 4 is 5.69 Å². The zero-order valence-electron chi connectivity index (χ0n) is 9.50. The fraction of sp³-hybridized carbons (Fsp3) is 0.538. The summed E-state index contributed by atoms with van der Waals surface area (Å²) >= 11 is 0. The molecule has 16 heavy (non-hydrogen) atoms. The average molecular weight is 225 g/mol. The average Bonchev–Trinajstić information content (AvgIpc) is 2.23. The third-order valence-electron chi connectivity index (χ3n) is 3.16. The molecule has 1 aromatic rings. The van der Waals surface area contributed by atoms with Crippen LogP contribution < -0.4 is 4.90 Å². The highest BCUT2D eigenvalue weighted by Gasteiger charge is 2.25. The lowest BCUT2D eigenvalue weighted by molar-refractivity contribution is 0.151. The van der Waals surface area contributed by atoms with Gasteiger partial charge in [-0.15, -0.1) is 0 Å². The molecule has 1 aliphatic heterocycles. The Balaban J connectivity index is 1.92. The van der Waals surface area contributed by atoms with Gasteiger partial charge in [-0.2, -0.15) is 0 Å². The molecule has 2 rings (SSSR count). The van der Waals surface area contributed by atoms with Crippen molar-refractivity contribution in [3.63, 3.8) is 0 Å². The van der Waals surface area contributed by atoms with E-state index < -0.39 is 6.43 Å². The summed E-state index contributed by atoms with van der Waals surface area (Å²) in [6.45, 7) is 4.34. The summed E-state index contributed by atoms with van der Waals surface area (Å²) in [5, 5.41) is 0. The van der Waals surface area contributed by atoms with E-state index in [0.717, 1.165) is 24.7 Å². The maximum absolute atomic E-state index is 12.3. The molecule has 0 unspecified atom stereocenters. The largest absolute Gasteiger partial charge is 0.371 e. The molecular formula is C13H17F2N. The molecule has 0 aliphatic carbocycles. The number of hydrogen-bond donors (Lipinski definition) is 0. The van der Waals surface area contributed by atoms with Gasteiger partial charge >= 0.3 is 0 Å². The summed E-state index contributed by atoms with van der Waals surface area (Å²) in [6, 6.07) is 6.63. The van der Waals surface area contributed by atoms with E-state index in [1.54, 1.807) is 12.1 Å². The smallest absolute Gasteiger partial charge is 0.263 e. The van der Waals surface area contributed by atoms with Gasteiger partial charge in [0.1, 0.15) is 0 Å². The predicted octanol–water partition coefficient (Wildman–Crippen LogP) is 3.86. The minimum Gasteiger partial charge on any atom is -0.371 e. The third-order valence-corrected chi connectivity index (χ3v) is 3.16. The van der Waals surface area contributed by atoms with E-state index in [4.69, 9.17) is 0 Å². The maximum Gasteiger partial charge on any atom is 0.263 e. The number of nitrogens with zero attached hydrogens (tertiary/aromatic N) is 1. The highest BCUT2D eigenvalue weighted by Crippen LogP contribution is 2.29. The van der Waals surface area contributed by atoms with Gasteiger partial charge in [-0.05, 0) is 24.5 Å². The van der Waals surface area contributed by atoms with Gasteiger partial charge in [-0.1, -0.05) is 25.5 Å². The Morgan fingerprint density at radius 3 is 2.38 bits per heavy atom. The number of alkyl halides is 2. The Labute approximate surface area is 95.1 Å². The van der Waals surface area contributed by atoms with Crippen molar-refractivity contribution in [1.29, 1.82) is 0 Å². The highest BCUT2D eigenvalue weighted by molar-refractivity contribution is 5.50. The summed E-state index contributed by atoms with van der Waals surface area (Å²) in [7, 11) is 0. The summed E-state index contributed by atoms with van der Waals surface area (Å²) in [5.41, 5.74) is 1.17. The Kier molecular flexibility index (Phi) is 3.42. The number of halogens is 2. The molecule has 0 aromatic heterocycles. The van der Waals surface area contributed by atoms with Crippen LogP contribution in [0, 0.1) is 5.92 Å². The minimum absolute atomic E-state index is 0.106. The first-order valence-electron chi connectivity index (χ1n) is 5.83. The molecule has 1 saturated heterocycles. The second-order valence-electron chi connectivity index (χ2n) is 4.45. The van der Waals surface area contributed by atoms with Crippen molar-refractivity contribution in [2.45, 2.75) is 26.2 Å². The molecule has 0 atom stereocenters. The van der Waals surface area contributed by atoms with Crippen LogP contribution in [0.4, 0.5) is 14.5 Å². The fourth-order valence-electron chi connectivity index (χ4n) is 2.20. The topological polar surface area (TPSA) is 3.24 Å². The van der Waals surface area contributed by atoms with Crippen LogP contribution in [0.3, 0.4) is 0 Å². The molecule has 1 fully saturated rings. The normalized spacial score (nSPS) is 16.6. The van der Waals surface area contributed by atoms with Crippen LogP contribution in [0.2, 0.25) is 0 Å². The van der Waals surface area contributed by atoms with Crippen molar-refractivity contribution in [2.75, 3.05) is 18.0 Å². The monoisotopic (exact) mass is 225 g/mol. The van der Waals surface area contributed by atoms with Crippen LogP contribution >= 0.6 is 0 Å². The van der Waals surface area contributed by atoms with Crippen LogP contribution in [0.1, 0.15) is 31.8 Å². The number of rotatable bonds is 4. The van der Waals surface area contributed by atoms with Gasteiger partial charge in [0.05, 0.1) is 0 Å². The van der Waals surface area contributed by atoms with Gasteiger partial charge in [0.2, 0.25) is 0 Å². The minimum atomic E-state index is -2.36. The van der Waals surface area contributed by atoms with E-state index in [1.807, 2.05) is 0 Å². The van der Waals surface area contributed by atoms with Crippen LogP contribution in [0.25, 0.3) is 0 Å². The van der Waals surface area contributed by atoms with Crippen molar-refractivity contribution in [1.82, 2.24) is 0 Å². The molecule has 0 N–H and O–H groups in total. The number of hydrogen-bond acceptors (Lipinski definition) is 1. The molecule has 3 heteroatoms. The van der Waals surface area contributed by atoms with Crippen molar-refractivity contribution < 1.29 is 8.78 Å². The Morgan fingerprint density at radius 1 is 1.25 bits per heavy atom. The number of benzene rings is 1. The maximum atomic E-state index is 12.3. The first-order valence-corrected chi connectivity index (χ1v) is 5.83. The molecule has 1 aromatic carbocycles. The zero-order chi connectivity index (χ0) is 11.5. The second-order valence-corrected chi connectivity index (χ2v) is 4.45. The van der Waals surface area contributed by atoms with Crippen molar-refractivity contribution in [2.24, 2.45) is 5.92 Å². The van der Waals surface area contributed by atoms with Crippen LogP contribution in [0.5, 0.6) is 0 Å². The SMILES string of the molecule is CCCC1CN(c2ccc(C(F)F)cc2)C1. The van der Waals surface area contributed by atoms with Gasteiger partial charge in [0.15, 0.2) is 0 Å². The lowest BCUT2D eigenvalue weighted by Crippen LogP contribution is -2.46. The van der Waals surface area contributed by atoms with Gasteiger partial charge in [0, 0.05) is 24.3 Å². The molecule has 1 heterocycles. The van der Waals surface area contributed by atoms with Gasteiger partial charge in [-0.25, -0.2) is 8.78 Å². The molecular weight excluding hydrogens is 208 g/mol. The molecule has 0 saturated carbocycles. The van der Waals surface area contributed by atoms with E-state index in [-0.39, 0.29) is 5.56 Å². The molecule has 0 radical (unpaired) electrons. The van der Waals surface area contributed by atoms with E-state index in [0.29, 0.717) is 0 Å². The third kappa shape index (κ3) is 2.34. The summed E-state index contributed by atoms with van der Waals surface area (Å²) < 4.78 is 24.7. The zero-order valence-corrected chi connectivity index (χ0v) is 9.50. The summed E-state index contributed by atoms with van der Waals surface area (Å²) in [4.78, 5) is 2.25. The lowest BCUT2D eigenvalue weighted by Gasteiger charge is -2.41. The lowest BCUT2D eigenvalue weighted by atomic mass is 9.94. The Bertz CT molecular complexity index is 328. The standard InChI is InChI=1S/C13H17F2N/c1-2-3-10-8-16(9-10)12-6-4-11(5-7-12)13(14)15/h4-7,10,13H,2-3,8-9H2,1H3. The molecule has 1 aliphatic rings. The van der Waals surface area contributed by atoms with Crippen LogP contribution in [0.15, 0.2) is 24.3 Å². The molecule has 0 bridgehead atoms. The Morgan fingerprint density at radius 2 is 1.88 bits per heavy atom. The predicted molar refractivity (Wildman–Crippen MR) is 62.0 cm³/mol. The summed E-state index contributed by atoms with van der Waals surface area (Å²) in [5.74, 6) is 0.791. The molecule has 1 nitrogen and oxygen atoms in total. The van der Waals surface area contributed by atoms with Gasteiger partial charge < -0.3 is 4.90 Å². The van der Waals surface area contributed by atoms with Gasteiger partial charge in [-0.3, -0.25) is 0 Å². The fourth-order valence-corrected chi connectivity index (χ4v) is 2.20. The highest BCUT2D eigenvalue weighted by atomic mass is 19.3. The molecule has 88 valence electrons. The van der Waals surface area contributed by atoms with Crippen LogP contribution in [-0.4, -0.2) is 13.1 Å². The quantitative estimate of drug-likeness (QED) is 0.752.